The van der Waals surface area contributed by atoms with Crippen molar-refractivity contribution < 1.29 is 9.53 Å². The van der Waals surface area contributed by atoms with Gasteiger partial charge in [-0.2, -0.15) is 5.10 Å². The summed E-state index contributed by atoms with van der Waals surface area (Å²) in [6.45, 7) is 5.24. The molecule has 0 aromatic carbocycles. The van der Waals surface area contributed by atoms with E-state index < -0.39 is 0 Å². The van der Waals surface area contributed by atoms with E-state index in [0.29, 0.717) is 48.4 Å². The number of fused-ring (bicyclic) bond motifs is 2. The summed E-state index contributed by atoms with van der Waals surface area (Å²) in [5, 5.41) is 9.48. The number of nitrogens with one attached hydrogen (secondary N) is 1. The summed E-state index contributed by atoms with van der Waals surface area (Å²) in [5.74, 6) is 1.64. The smallest absolute Gasteiger partial charge is 0.244 e. The molecule has 11 heteroatoms. The van der Waals surface area contributed by atoms with Gasteiger partial charge in [0.15, 0.2) is 5.82 Å². The lowest BCUT2D eigenvalue weighted by Gasteiger charge is -2.27. The predicted octanol–water partition coefficient (Wildman–Crippen LogP) is 2.52. The molecule has 1 atom stereocenters. The summed E-state index contributed by atoms with van der Waals surface area (Å²) >= 11 is 0. The van der Waals surface area contributed by atoms with Crippen molar-refractivity contribution in [2.45, 2.75) is 32.9 Å². The van der Waals surface area contributed by atoms with Crippen molar-refractivity contribution in [3.63, 3.8) is 0 Å². The molecule has 0 fully saturated rings. The molecule has 0 saturated carbocycles. The second-order valence-electron chi connectivity index (χ2n) is 9.03. The van der Waals surface area contributed by atoms with Crippen molar-refractivity contribution in [1.29, 1.82) is 0 Å². The number of amides is 1. The molecular weight excluding hydrogens is 458 g/mol. The summed E-state index contributed by atoms with van der Waals surface area (Å²) in [7, 11) is 1.64. The van der Waals surface area contributed by atoms with Gasteiger partial charge in [-0.3, -0.25) is 14.5 Å². The minimum absolute atomic E-state index is 0.0187. The lowest BCUT2D eigenvalue weighted by molar-refractivity contribution is -0.134. The zero-order chi connectivity index (χ0) is 25.4. The molecule has 5 N–H and O–H groups in total. The number of methoxy groups -OCH3 is 1. The third kappa shape index (κ3) is 4.40. The molecule has 36 heavy (non-hydrogen) atoms. The van der Waals surface area contributed by atoms with E-state index in [1.165, 1.54) is 0 Å². The number of aromatic nitrogens is 5. The van der Waals surface area contributed by atoms with E-state index in [2.05, 4.69) is 25.4 Å². The number of hydrogen-bond acceptors (Lipinski definition) is 9. The van der Waals surface area contributed by atoms with Crippen LogP contribution in [0.15, 0.2) is 36.8 Å². The maximum absolute atomic E-state index is 12.8. The number of nitrogens with zero attached hydrogens (tertiary/aromatic N) is 6. The number of ether oxygens (including phenoxy) is 1. The highest BCUT2D eigenvalue weighted by molar-refractivity contribution is 5.95. The van der Waals surface area contributed by atoms with Crippen LogP contribution in [-0.4, -0.2) is 61.8 Å². The Morgan fingerprint density at radius 3 is 2.81 bits per heavy atom. The van der Waals surface area contributed by atoms with E-state index in [1.807, 2.05) is 36.9 Å². The lowest BCUT2D eigenvalue weighted by atomic mass is 10.0. The van der Waals surface area contributed by atoms with Crippen molar-refractivity contribution in [1.82, 2.24) is 29.6 Å². The maximum atomic E-state index is 12.8. The van der Waals surface area contributed by atoms with Crippen molar-refractivity contribution in [3.05, 3.63) is 48.0 Å². The summed E-state index contributed by atoms with van der Waals surface area (Å²) in [4.78, 5) is 27.9. The number of hydrogen-bond donors (Lipinski definition) is 3. The predicted molar refractivity (Wildman–Crippen MR) is 139 cm³/mol. The Labute approximate surface area is 208 Å². The van der Waals surface area contributed by atoms with Gasteiger partial charge in [-0.25, -0.2) is 9.97 Å². The van der Waals surface area contributed by atoms with Gasteiger partial charge >= 0.3 is 0 Å². The number of nitrogen functional groups attached to an aromatic ring is 2. The Morgan fingerprint density at radius 1 is 1.17 bits per heavy atom. The lowest BCUT2D eigenvalue weighted by Crippen LogP contribution is -2.42. The Balaban J connectivity index is 1.40. The van der Waals surface area contributed by atoms with E-state index in [9.17, 15) is 4.79 Å². The van der Waals surface area contributed by atoms with Crippen LogP contribution in [0.1, 0.15) is 18.2 Å². The van der Waals surface area contributed by atoms with Gasteiger partial charge in [0, 0.05) is 55.2 Å². The summed E-state index contributed by atoms with van der Waals surface area (Å²) in [6.07, 6.45) is 5.75. The molecule has 4 aromatic rings. The van der Waals surface area contributed by atoms with E-state index in [-0.39, 0.29) is 18.5 Å². The third-order valence-corrected chi connectivity index (χ3v) is 6.55. The number of nitrogens with two attached hydrogens (primary N) is 2. The van der Waals surface area contributed by atoms with Crippen LogP contribution in [0.25, 0.3) is 22.0 Å². The number of rotatable bonds is 6. The summed E-state index contributed by atoms with van der Waals surface area (Å²) in [6, 6.07) is 5.82. The molecule has 0 bridgehead atoms. The Bertz CT molecular complexity index is 1450. The van der Waals surface area contributed by atoms with Gasteiger partial charge < -0.3 is 26.4 Å². The monoisotopic (exact) mass is 487 g/mol. The van der Waals surface area contributed by atoms with Crippen LogP contribution in [0.5, 0.6) is 0 Å². The van der Waals surface area contributed by atoms with Crippen LogP contribution < -0.4 is 16.8 Å². The highest BCUT2D eigenvalue weighted by Gasteiger charge is 2.25. The van der Waals surface area contributed by atoms with Crippen LogP contribution in [0, 0.1) is 6.92 Å². The first-order chi connectivity index (χ1) is 17.3. The van der Waals surface area contributed by atoms with E-state index in [4.69, 9.17) is 16.2 Å². The van der Waals surface area contributed by atoms with E-state index in [0.717, 1.165) is 27.6 Å². The van der Waals surface area contributed by atoms with Crippen LogP contribution >= 0.6 is 0 Å². The minimum Gasteiger partial charge on any atom is -0.397 e. The minimum atomic E-state index is 0.0187. The molecule has 1 aliphatic rings. The van der Waals surface area contributed by atoms with Crippen LogP contribution in [0.3, 0.4) is 0 Å². The number of anilines is 4. The number of pyridine rings is 3. The van der Waals surface area contributed by atoms with Gasteiger partial charge in [0.05, 0.1) is 30.2 Å². The van der Waals surface area contributed by atoms with Gasteiger partial charge in [-0.1, -0.05) is 0 Å². The van der Waals surface area contributed by atoms with Crippen molar-refractivity contribution in [2.75, 3.05) is 37.0 Å². The summed E-state index contributed by atoms with van der Waals surface area (Å²) in [5.41, 5.74) is 16.3. The van der Waals surface area contributed by atoms with Gasteiger partial charge in [-0.15, -0.1) is 0 Å². The first-order valence-corrected chi connectivity index (χ1v) is 11.7. The molecule has 0 saturated heterocycles. The molecule has 4 aromatic heterocycles. The molecule has 5 rings (SSSR count). The standard InChI is InChI=1S/C25H29N9O2/c1-14(13-36-3)33-5-4-17-8-23(32-34(17)12-24(33)35)31-22-7-16-6-21(30-25(27)19(16)10-29-22)18-9-28-11-20(26)15(18)2/h6-11,14H,4-5,12-13,26H2,1-3H3,(H2,27,30)(H,29,31,32). The Morgan fingerprint density at radius 2 is 2.00 bits per heavy atom. The van der Waals surface area contributed by atoms with Gasteiger partial charge in [-0.05, 0) is 36.9 Å². The average molecular weight is 488 g/mol. The van der Waals surface area contributed by atoms with Gasteiger partial charge in [0.1, 0.15) is 18.2 Å². The highest BCUT2D eigenvalue weighted by Crippen LogP contribution is 2.30. The topological polar surface area (TPSA) is 150 Å². The molecule has 0 aliphatic carbocycles. The van der Waals surface area contributed by atoms with Crippen molar-refractivity contribution >= 4 is 39.8 Å². The molecule has 0 spiro atoms. The zero-order valence-corrected chi connectivity index (χ0v) is 20.5. The molecule has 0 radical (unpaired) electrons. The normalized spacial score (nSPS) is 14.5. The molecule has 1 unspecified atom stereocenters. The van der Waals surface area contributed by atoms with Crippen molar-refractivity contribution in [2.24, 2.45) is 0 Å². The van der Waals surface area contributed by atoms with Crippen LogP contribution in [-0.2, 0) is 22.5 Å². The van der Waals surface area contributed by atoms with Gasteiger partial charge in [0.2, 0.25) is 5.91 Å². The maximum Gasteiger partial charge on any atom is 0.244 e. The molecule has 5 heterocycles. The molecule has 186 valence electrons. The molecule has 1 aliphatic heterocycles. The number of carbonyl (C=O) groups excluding carboxylic acids is 1. The second kappa shape index (κ2) is 9.42. The molecule has 11 nitrogen and oxygen atoms in total. The number of carbonyl (C=O) groups is 1. The van der Waals surface area contributed by atoms with Crippen LogP contribution in [0.2, 0.25) is 0 Å². The highest BCUT2D eigenvalue weighted by atomic mass is 16.5. The van der Waals surface area contributed by atoms with Crippen LogP contribution in [0.4, 0.5) is 23.1 Å². The fraction of sp³-hybridized carbons (Fsp3) is 0.320. The fourth-order valence-corrected chi connectivity index (χ4v) is 4.54. The Kier molecular flexibility index (Phi) is 6.15. The first-order valence-electron chi connectivity index (χ1n) is 11.7. The zero-order valence-electron chi connectivity index (χ0n) is 20.5. The SMILES string of the molecule is COCC(C)N1CCc2cc(Nc3cc4cc(-c5cncc(N)c5C)nc(N)c4cn3)nn2CC1=O. The second-order valence-corrected chi connectivity index (χ2v) is 9.03. The average Bonchev–Trinajstić information content (AvgIpc) is 3.13. The van der Waals surface area contributed by atoms with E-state index in [1.54, 1.807) is 30.4 Å². The Hall–Kier alpha value is -4.25. The molecular formula is C25H29N9O2. The van der Waals surface area contributed by atoms with Gasteiger partial charge in [0.25, 0.3) is 0 Å². The summed E-state index contributed by atoms with van der Waals surface area (Å²) < 4.78 is 6.97. The quantitative estimate of drug-likeness (QED) is 0.373. The first kappa shape index (κ1) is 23.5. The largest absolute Gasteiger partial charge is 0.397 e. The molecule has 1 amide bonds. The van der Waals surface area contributed by atoms with Crippen molar-refractivity contribution in [3.8, 4) is 11.3 Å². The van der Waals surface area contributed by atoms with E-state index >= 15 is 0 Å². The third-order valence-electron chi connectivity index (χ3n) is 6.55. The fourth-order valence-electron chi connectivity index (χ4n) is 4.54.